The summed E-state index contributed by atoms with van der Waals surface area (Å²) in [5.74, 6) is -0.0485. The van der Waals surface area contributed by atoms with Crippen LogP contribution in [0.4, 0.5) is 19.0 Å². The summed E-state index contributed by atoms with van der Waals surface area (Å²) in [6, 6.07) is 16.4. The van der Waals surface area contributed by atoms with Crippen molar-refractivity contribution in [2.45, 2.75) is 19.3 Å². The van der Waals surface area contributed by atoms with E-state index >= 15 is 0 Å². The van der Waals surface area contributed by atoms with E-state index in [1.807, 2.05) is 42.5 Å². The topological polar surface area (TPSA) is 64.7 Å². The van der Waals surface area contributed by atoms with Crippen LogP contribution >= 0.6 is 0 Å². The first-order valence-corrected chi connectivity index (χ1v) is 8.79. The van der Waals surface area contributed by atoms with Gasteiger partial charge in [0.1, 0.15) is 12.4 Å². The van der Waals surface area contributed by atoms with Gasteiger partial charge in [-0.15, -0.1) is 0 Å². The number of anilines is 1. The average Bonchev–Trinajstić information content (AvgIpc) is 3.32. The SMILES string of the molecule is O=C(Cn1ccc(C(F)(F)F)n1)Nc1ccnn1Cc1cccc2ccccc12. The van der Waals surface area contributed by atoms with Gasteiger partial charge >= 0.3 is 6.18 Å². The van der Waals surface area contributed by atoms with Gasteiger partial charge in [0.15, 0.2) is 5.69 Å². The summed E-state index contributed by atoms with van der Waals surface area (Å²) >= 11 is 0. The number of carbonyl (C=O) groups is 1. The molecule has 0 fully saturated rings. The van der Waals surface area contributed by atoms with Gasteiger partial charge in [0.05, 0.1) is 12.7 Å². The summed E-state index contributed by atoms with van der Waals surface area (Å²) in [5, 5.41) is 12.5. The lowest BCUT2D eigenvalue weighted by Crippen LogP contribution is -2.22. The van der Waals surface area contributed by atoms with Gasteiger partial charge in [-0.1, -0.05) is 42.5 Å². The van der Waals surface area contributed by atoms with Gasteiger partial charge in [-0.3, -0.25) is 9.48 Å². The number of nitrogens with one attached hydrogen (secondary N) is 1. The van der Waals surface area contributed by atoms with Crippen LogP contribution in [0.1, 0.15) is 11.3 Å². The van der Waals surface area contributed by atoms with Gasteiger partial charge in [-0.25, -0.2) is 4.68 Å². The molecule has 9 heteroatoms. The number of benzene rings is 2. The van der Waals surface area contributed by atoms with Gasteiger partial charge < -0.3 is 5.32 Å². The Morgan fingerprint density at radius 2 is 1.83 bits per heavy atom. The molecule has 0 bridgehead atoms. The van der Waals surface area contributed by atoms with Crippen molar-refractivity contribution in [3.63, 3.8) is 0 Å². The van der Waals surface area contributed by atoms with E-state index in [4.69, 9.17) is 0 Å². The second-order valence-electron chi connectivity index (χ2n) is 6.46. The Labute approximate surface area is 163 Å². The number of hydrogen-bond acceptors (Lipinski definition) is 3. The summed E-state index contributed by atoms with van der Waals surface area (Å²) < 4.78 is 40.5. The lowest BCUT2D eigenvalue weighted by molar-refractivity contribution is -0.141. The Kier molecular flexibility index (Phi) is 4.79. The maximum atomic E-state index is 12.6. The maximum Gasteiger partial charge on any atom is 0.435 e. The third kappa shape index (κ3) is 4.13. The quantitative estimate of drug-likeness (QED) is 0.553. The molecule has 29 heavy (non-hydrogen) atoms. The minimum atomic E-state index is -4.54. The van der Waals surface area contributed by atoms with E-state index in [1.165, 1.54) is 0 Å². The van der Waals surface area contributed by atoms with Gasteiger partial charge in [0.2, 0.25) is 5.91 Å². The van der Waals surface area contributed by atoms with E-state index in [0.29, 0.717) is 12.4 Å². The molecule has 6 nitrogen and oxygen atoms in total. The van der Waals surface area contributed by atoms with Gasteiger partial charge in [-0.05, 0) is 22.4 Å². The van der Waals surface area contributed by atoms with Crippen LogP contribution in [0, 0.1) is 0 Å². The van der Waals surface area contributed by atoms with Crippen molar-refractivity contribution in [1.29, 1.82) is 0 Å². The van der Waals surface area contributed by atoms with Crippen molar-refractivity contribution in [1.82, 2.24) is 19.6 Å². The first kappa shape index (κ1) is 18.7. The van der Waals surface area contributed by atoms with Gasteiger partial charge in [0.25, 0.3) is 0 Å². The fourth-order valence-electron chi connectivity index (χ4n) is 3.09. The molecule has 0 aliphatic carbocycles. The molecule has 0 atom stereocenters. The highest BCUT2D eigenvalue weighted by molar-refractivity contribution is 5.89. The maximum absolute atomic E-state index is 12.6. The van der Waals surface area contributed by atoms with Crippen molar-refractivity contribution in [2.75, 3.05) is 5.32 Å². The van der Waals surface area contributed by atoms with Crippen molar-refractivity contribution >= 4 is 22.5 Å². The number of nitrogens with zero attached hydrogens (tertiary/aromatic N) is 4. The van der Waals surface area contributed by atoms with Crippen LogP contribution in [0.3, 0.4) is 0 Å². The number of carbonyl (C=O) groups excluding carboxylic acids is 1. The molecule has 0 aliphatic rings. The Morgan fingerprint density at radius 3 is 2.62 bits per heavy atom. The molecule has 4 rings (SSSR count). The number of halogens is 3. The molecule has 2 heterocycles. The summed E-state index contributed by atoms with van der Waals surface area (Å²) in [7, 11) is 0. The smallest absolute Gasteiger partial charge is 0.309 e. The zero-order valence-corrected chi connectivity index (χ0v) is 15.1. The van der Waals surface area contributed by atoms with Crippen LogP contribution in [-0.2, 0) is 24.1 Å². The second-order valence-corrected chi connectivity index (χ2v) is 6.46. The molecule has 1 N–H and O–H groups in total. The van der Waals surface area contributed by atoms with Crippen molar-refractivity contribution < 1.29 is 18.0 Å². The molecule has 0 saturated heterocycles. The van der Waals surface area contributed by atoms with Gasteiger partial charge in [-0.2, -0.15) is 23.4 Å². The number of aromatic nitrogens is 4. The standard InChI is InChI=1S/C20H16F3N5O/c21-20(22,23)17-9-11-27(26-17)13-19(29)25-18-8-10-24-28(18)12-15-6-3-5-14-4-1-2-7-16(14)15/h1-11H,12-13H2,(H,25,29). The second kappa shape index (κ2) is 7.42. The van der Waals surface area contributed by atoms with E-state index in [-0.39, 0.29) is 6.54 Å². The monoisotopic (exact) mass is 399 g/mol. The van der Waals surface area contributed by atoms with Crippen molar-refractivity contribution in [2.24, 2.45) is 0 Å². The summed E-state index contributed by atoms with van der Waals surface area (Å²) in [4.78, 5) is 12.3. The largest absolute Gasteiger partial charge is 0.435 e. The summed E-state index contributed by atoms with van der Waals surface area (Å²) in [6.45, 7) is 0.0967. The van der Waals surface area contributed by atoms with Crippen LogP contribution in [-0.4, -0.2) is 25.5 Å². The van der Waals surface area contributed by atoms with E-state index in [0.717, 1.165) is 33.3 Å². The molecule has 1 amide bonds. The van der Waals surface area contributed by atoms with Crippen LogP contribution in [0.5, 0.6) is 0 Å². The highest BCUT2D eigenvalue weighted by atomic mass is 19.4. The Hall–Kier alpha value is -3.62. The van der Waals surface area contributed by atoms with E-state index in [9.17, 15) is 18.0 Å². The molecule has 148 valence electrons. The minimum Gasteiger partial charge on any atom is -0.309 e. The number of alkyl halides is 3. The summed E-state index contributed by atoms with van der Waals surface area (Å²) in [5.41, 5.74) is -0.00417. The molecule has 2 aromatic carbocycles. The highest BCUT2D eigenvalue weighted by Crippen LogP contribution is 2.27. The number of hydrogen-bond donors (Lipinski definition) is 1. The van der Waals surface area contributed by atoms with E-state index in [2.05, 4.69) is 15.5 Å². The van der Waals surface area contributed by atoms with Crippen molar-refractivity contribution in [3.05, 3.63) is 78.2 Å². The fourth-order valence-corrected chi connectivity index (χ4v) is 3.09. The molecular formula is C20H16F3N5O. The van der Waals surface area contributed by atoms with E-state index in [1.54, 1.807) is 16.9 Å². The normalized spacial score (nSPS) is 11.7. The number of amides is 1. The molecular weight excluding hydrogens is 383 g/mol. The fraction of sp³-hybridized carbons (Fsp3) is 0.150. The highest BCUT2D eigenvalue weighted by Gasteiger charge is 2.33. The van der Waals surface area contributed by atoms with Crippen LogP contribution < -0.4 is 5.32 Å². The molecule has 0 spiro atoms. The molecule has 0 unspecified atom stereocenters. The van der Waals surface area contributed by atoms with Crippen LogP contribution in [0.2, 0.25) is 0 Å². The molecule has 2 aromatic heterocycles. The Balaban J connectivity index is 1.48. The third-order valence-corrected chi connectivity index (χ3v) is 4.42. The van der Waals surface area contributed by atoms with Crippen LogP contribution in [0.15, 0.2) is 67.0 Å². The third-order valence-electron chi connectivity index (χ3n) is 4.42. The number of rotatable bonds is 5. The van der Waals surface area contributed by atoms with Gasteiger partial charge in [0, 0.05) is 12.3 Å². The number of fused-ring (bicyclic) bond motifs is 1. The zero-order chi connectivity index (χ0) is 20.4. The Bertz CT molecular complexity index is 1160. The van der Waals surface area contributed by atoms with Crippen molar-refractivity contribution in [3.8, 4) is 0 Å². The average molecular weight is 399 g/mol. The zero-order valence-electron chi connectivity index (χ0n) is 15.1. The molecule has 0 radical (unpaired) electrons. The van der Waals surface area contributed by atoms with E-state index < -0.39 is 17.8 Å². The Morgan fingerprint density at radius 1 is 1.03 bits per heavy atom. The molecule has 0 saturated carbocycles. The minimum absolute atomic E-state index is 0.338. The summed E-state index contributed by atoms with van der Waals surface area (Å²) in [6.07, 6.45) is -1.87. The lowest BCUT2D eigenvalue weighted by Gasteiger charge is -2.11. The molecule has 0 aliphatic heterocycles. The van der Waals surface area contributed by atoms with Crippen LogP contribution in [0.25, 0.3) is 10.8 Å². The molecule has 4 aromatic rings. The predicted molar refractivity (Wildman–Crippen MR) is 101 cm³/mol. The lowest BCUT2D eigenvalue weighted by atomic mass is 10.0. The first-order chi connectivity index (χ1) is 13.9. The predicted octanol–water partition coefficient (Wildman–Crippen LogP) is 3.94. The first-order valence-electron chi connectivity index (χ1n) is 8.79.